The third kappa shape index (κ3) is 2.48. The second kappa shape index (κ2) is 5.67. The minimum absolute atomic E-state index is 0.499. The highest BCUT2D eigenvalue weighted by molar-refractivity contribution is 9.10. The van der Waals surface area contributed by atoms with Crippen LogP contribution in [0.3, 0.4) is 0 Å². The molecule has 4 heterocycles. The number of pyridine rings is 1. The Bertz CT molecular complexity index is 953. The fourth-order valence-corrected chi connectivity index (χ4v) is 4.57. The molecule has 5 rings (SSSR count). The van der Waals surface area contributed by atoms with Gasteiger partial charge in [0.25, 0.3) is 0 Å². The molecular weight excluding hydrogens is 392 g/mol. The van der Waals surface area contributed by atoms with E-state index in [9.17, 15) is 0 Å². The van der Waals surface area contributed by atoms with Gasteiger partial charge >= 0.3 is 0 Å². The molecular formula is C19H21BrN6. The third-order valence-corrected chi connectivity index (χ3v) is 6.62. The number of hydrogen-bond donors (Lipinski definition) is 1. The van der Waals surface area contributed by atoms with Crippen molar-refractivity contribution in [2.24, 2.45) is 17.3 Å². The van der Waals surface area contributed by atoms with Crippen molar-refractivity contribution in [2.75, 3.05) is 23.3 Å². The lowest BCUT2D eigenvalue weighted by Crippen LogP contribution is -2.27. The minimum atomic E-state index is 0.499. The third-order valence-electron chi connectivity index (χ3n) is 6.06. The summed E-state index contributed by atoms with van der Waals surface area (Å²) in [6, 6.07) is 6.13. The molecule has 134 valence electrons. The zero-order valence-electron chi connectivity index (χ0n) is 14.9. The maximum atomic E-state index is 4.86. The van der Waals surface area contributed by atoms with E-state index in [1.54, 1.807) is 12.4 Å². The highest BCUT2D eigenvalue weighted by atomic mass is 79.9. The smallest absolute Gasteiger partial charge is 0.173 e. The van der Waals surface area contributed by atoms with E-state index in [0.29, 0.717) is 12.0 Å². The number of fused-ring (bicyclic) bond motifs is 2. The molecule has 2 atom stereocenters. The van der Waals surface area contributed by atoms with Crippen LogP contribution in [0.25, 0.3) is 5.65 Å². The van der Waals surface area contributed by atoms with Gasteiger partial charge in [-0.3, -0.25) is 4.98 Å². The Morgan fingerprint density at radius 1 is 1.27 bits per heavy atom. The number of rotatable bonds is 4. The van der Waals surface area contributed by atoms with Gasteiger partial charge in [-0.25, -0.2) is 4.98 Å². The average molecular weight is 413 g/mol. The number of nitrogens with zero attached hydrogens (tertiary/aromatic N) is 5. The lowest BCUT2D eigenvalue weighted by Gasteiger charge is -2.24. The number of piperidine rings is 1. The fourth-order valence-electron chi connectivity index (χ4n) is 4.23. The van der Waals surface area contributed by atoms with E-state index in [1.165, 1.54) is 0 Å². The molecule has 3 aromatic heterocycles. The van der Waals surface area contributed by atoms with E-state index >= 15 is 0 Å². The first-order valence-corrected chi connectivity index (χ1v) is 9.75. The van der Waals surface area contributed by atoms with Crippen molar-refractivity contribution in [1.82, 2.24) is 19.6 Å². The van der Waals surface area contributed by atoms with Gasteiger partial charge in [-0.05, 0) is 44.8 Å². The zero-order chi connectivity index (χ0) is 17.9. The van der Waals surface area contributed by atoms with Crippen molar-refractivity contribution in [1.29, 1.82) is 0 Å². The van der Waals surface area contributed by atoms with Crippen LogP contribution in [-0.4, -0.2) is 32.7 Å². The standard InChI is InChI=1S/C19H21BrN6/c1-19(2)13-10-25(11-14(13)19)17-6-16(22-8-12-4-3-5-21-7-12)26-18(24-17)15(20)9-23-26/h3-7,9,13-14,22H,8,10-11H2,1-2H3/t13-,14+. The molecule has 3 aromatic rings. The molecule has 1 saturated heterocycles. The molecule has 2 aliphatic rings. The van der Waals surface area contributed by atoms with Crippen LogP contribution in [0, 0.1) is 17.3 Å². The van der Waals surface area contributed by atoms with Gasteiger partial charge in [0.15, 0.2) is 5.65 Å². The molecule has 0 unspecified atom stereocenters. The molecule has 1 aliphatic carbocycles. The van der Waals surface area contributed by atoms with Gasteiger partial charge in [0.05, 0.1) is 10.7 Å². The van der Waals surface area contributed by atoms with E-state index in [2.05, 4.69) is 62.2 Å². The van der Waals surface area contributed by atoms with Gasteiger partial charge in [-0.1, -0.05) is 19.9 Å². The zero-order valence-corrected chi connectivity index (χ0v) is 16.4. The summed E-state index contributed by atoms with van der Waals surface area (Å²) in [7, 11) is 0. The van der Waals surface area contributed by atoms with Crippen molar-refractivity contribution in [3.63, 3.8) is 0 Å². The summed E-state index contributed by atoms with van der Waals surface area (Å²) in [4.78, 5) is 11.5. The molecule has 6 nitrogen and oxygen atoms in total. The van der Waals surface area contributed by atoms with E-state index in [4.69, 9.17) is 4.98 Å². The molecule has 0 spiro atoms. The Labute approximate surface area is 160 Å². The van der Waals surface area contributed by atoms with E-state index < -0.39 is 0 Å². The molecule has 0 amide bonds. The molecule has 0 radical (unpaired) electrons. The van der Waals surface area contributed by atoms with Crippen LogP contribution >= 0.6 is 15.9 Å². The van der Waals surface area contributed by atoms with E-state index in [0.717, 1.165) is 52.2 Å². The molecule has 1 aliphatic heterocycles. The molecule has 1 saturated carbocycles. The summed E-state index contributed by atoms with van der Waals surface area (Å²) in [6.07, 6.45) is 5.46. The summed E-state index contributed by atoms with van der Waals surface area (Å²) in [5, 5.41) is 7.95. The summed E-state index contributed by atoms with van der Waals surface area (Å²) < 4.78 is 2.76. The number of hydrogen-bond acceptors (Lipinski definition) is 5. The Hall–Kier alpha value is -2.15. The Kier molecular flexibility index (Phi) is 3.50. The van der Waals surface area contributed by atoms with Crippen molar-refractivity contribution in [2.45, 2.75) is 20.4 Å². The average Bonchev–Trinajstić information content (AvgIpc) is 3.06. The summed E-state index contributed by atoms with van der Waals surface area (Å²) in [6.45, 7) is 7.64. The Balaban J connectivity index is 1.45. The Morgan fingerprint density at radius 3 is 2.81 bits per heavy atom. The largest absolute Gasteiger partial charge is 0.366 e. The van der Waals surface area contributed by atoms with Gasteiger partial charge in [0.1, 0.15) is 11.6 Å². The number of anilines is 2. The summed E-state index contributed by atoms with van der Waals surface area (Å²) in [5.41, 5.74) is 2.48. The summed E-state index contributed by atoms with van der Waals surface area (Å²) >= 11 is 3.58. The van der Waals surface area contributed by atoms with Crippen LogP contribution in [0.4, 0.5) is 11.6 Å². The maximum Gasteiger partial charge on any atom is 0.173 e. The second-order valence-electron chi connectivity index (χ2n) is 7.88. The van der Waals surface area contributed by atoms with Crippen LogP contribution in [0.5, 0.6) is 0 Å². The number of aromatic nitrogens is 4. The highest BCUT2D eigenvalue weighted by Gasteiger charge is 2.62. The Morgan fingerprint density at radius 2 is 2.08 bits per heavy atom. The van der Waals surface area contributed by atoms with Crippen LogP contribution in [0.2, 0.25) is 0 Å². The first-order valence-electron chi connectivity index (χ1n) is 8.96. The molecule has 26 heavy (non-hydrogen) atoms. The molecule has 0 aromatic carbocycles. The van der Waals surface area contributed by atoms with Gasteiger partial charge in [-0.2, -0.15) is 9.61 Å². The first-order chi connectivity index (χ1) is 12.5. The van der Waals surface area contributed by atoms with Gasteiger partial charge in [-0.15, -0.1) is 0 Å². The number of halogens is 1. The molecule has 7 heteroatoms. The van der Waals surface area contributed by atoms with Gasteiger partial charge in [0, 0.05) is 38.1 Å². The van der Waals surface area contributed by atoms with E-state index in [-0.39, 0.29) is 0 Å². The second-order valence-corrected chi connectivity index (χ2v) is 8.74. The fraction of sp³-hybridized carbons (Fsp3) is 0.421. The van der Waals surface area contributed by atoms with Gasteiger partial charge < -0.3 is 10.2 Å². The topological polar surface area (TPSA) is 58.4 Å². The van der Waals surface area contributed by atoms with Crippen molar-refractivity contribution in [3.05, 3.63) is 46.8 Å². The highest BCUT2D eigenvalue weighted by Crippen LogP contribution is 2.62. The van der Waals surface area contributed by atoms with E-state index in [1.807, 2.05) is 16.8 Å². The normalized spacial score (nSPS) is 23.3. The van der Waals surface area contributed by atoms with Crippen LogP contribution in [-0.2, 0) is 6.54 Å². The van der Waals surface area contributed by atoms with Crippen LogP contribution in [0.1, 0.15) is 19.4 Å². The van der Waals surface area contributed by atoms with Gasteiger partial charge in [0.2, 0.25) is 0 Å². The predicted octanol–water partition coefficient (Wildman–Crippen LogP) is 3.59. The first kappa shape index (κ1) is 16.1. The molecule has 2 fully saturated rings. The number of nitrogens with one attached hydrogen (secondary N) is 1. The maximum absolute atomic E-state index is 4.86. The quantitative estimate of drug-likeness (QED) is 0.709. The molecule has 1 N–H and O–H groups in total. The van der Waals surface area contributed by atoms with Crippen molar-refractivity contribution < 1.29 is 0 Å². The lowest BCUT2D eigenvalue weighted by atomic mass is 10.1. The van der Waals surface area contributed by atoms with Crippen LogP contribution in [0.15, 0.2) is 41.3 Å². The predicted molar refractivity (Wildman–Crippen MR) is 105 cm³/mol. The summed E-state index contributed by atoms with van der Waals surface area (Å²) in [5.74, 6) is 3.55. The molecule has 0 bridgehead atoms. The monoisotopic (exact) mass is 412 g/mol. The SMILES string of the molecule is CC1(C)[C@@H]2CN(c3cc(NCc4cccnc4)n4ncc(Br)c4n3)C[C@@H]21. The lowest BCUT2D eigenvalue weighted by molar-refractivity contribution is 0.498. The minimum Gasteiger partial charge on any atom is -0.366 e. The van der Waals surface area contributed by atoms with Crippen molar-refractivity contribution >= 4 is 33.2 Å². The van der Waals surface area contributed by atoms with Crippen LogP contribution < -0.4 is 10.2 Å². The van der Waals surface area contributed by atoms with Crippen molar-refractivity contribution in [3.8, 4) is 0 Å².